The molecule has 0 aliphatic rings. The van der Waals surface area contributed by atoms with Crippen LogP contribution in [0.2, 0.25) is 10.0 Å². The molecule has 0 aliphatic carbocycles. The minimum absolute atomic E-state index is 0.359. The number of halogens is 2. The Morgan fingerprint density at radius 2 is 1.79 bits per heavy atom. The molecule has 0 bridgehead atoms. The number of nitrogens with zero attached hydrogens (tertiary/aromatic N) is 4. The van der Waals surface area contributed by atoms with Crippen molar-refractivity contribution < 1.29 is 4.74 Å². The second-order valence-corrected chi connectivity index (χ2v) is 7.21. The molecule has 6 nitrogen and oxygen atoms in total. The van der Waals surface area contributed by atoms with Gasteiger partial charge in [0.25, 0.3) is 0 Å². The summed E-state index contributed by atoms with van der Waals surface area (Å²) < 4.78 is 7.67. The molecule has 29 heavy (non-hydrogen) atoms. The zero-order valence-corrected chi connectivity index (χ0v) is 16.8. The van der Waals surface area contributed by atoms with Crippen LogP contribution in [0.15, 0.2) is 66.7 Å². The Bertz CT molecular complexity index is 1130. The summed E-state index contributed by atoms with van der Waals surface area (Å²) in [6.45, 7) is 0.803. The topological polar surface area (TPSA) is 78.9 Å². The van der Waals surface area contributed by atoms with E-state index in [2.05, 4.69) is 15.5 Å². The molecule has 2 N–H and O–H groups in total. The molecule has 0 unspecified atom stereocenters. The number of anilines is 1. The molecule has 1 aromatic heterocycles. The van der Waals surface area contributed by atoms with E-state index in [0.717, 1.165) is 11.1 Å². The average Bonchev–Trinajstić information content (AvgIpc) is 3.18. The monoisotopic (exact) mass is 425 g/mol. The van der Waals surface area contributed by atoms with Gasteiger partial charge >= 0.3 is 0 Å². The van der Waals surface area contributed by atoms with Gasteiger partial charge in [0.15, 0.2) is 5.82 Å². The molecule has 146 valence electrons. The molecule has 0 atom stereocenters. The summed E-state index contributed by atoms with van der Waals surface area (Å²) in [6, 6.07) is 20.8. The van der Waals surface area contributed by atoms with E-state index in [9.17, 15) is 0 Å². The van der Waals surface area contributed by atoms with Crippen molar-refractivity contribution in [3.63, 3.8) is 0 Å². The number of benzene rings is 3. The molecule has 0 fully saturated rings. The van der Waals surface area contributed by atoms with Gasteiger partial charge in [0.05, 0.1) is 17.3 Å². The maximum absolute atomic E-state index is 6.35. The Hall–Kier alpha value is -3.09. The third kappa shape index (κ3) is 4.34. The second kappa shape index (κ2) is 8.51. The predicted octanol–water partition coefficient (Wildman–Crippen LogP) is 4.86. The van der Waals surface area contributed by atoms with Gasteiger partial charge in [-0.05, 0) is 46.3 Å². The van der Waals surface area contributed by atoms with Crippen LogP contribution in [0.4, 0.5) is 5.69 Å². The molecule has 0 spiro atoms. The van der Waals surface area contributed by atoms with Crippen LogP contribution in [0.3, 0.4) is 0 Å². The van der Waals surface area contributed by atoms with E-state index < -0.39 is 0 Å². The number of hydrogen-bond acceptors (Lipinski definition) is 5. The number of nitrogen functional groups attached to an aromatic ring is 1. The van der Waals surface area contributed by atoms with Gasteiger partial charge in [-0.3, -0.25) is 0 Å². The summed E-state index contributed by atoms with van der Waals surface area (Å²) in [5.41, 5.74) is 8.97. The van der Waals surface area contributed by atoms with E-state index in [0.29, 0.717) is 46.0 Å². The highest BCUT2D eigenvalue weighted by Crippen LogP contribution is 2.31. The number of aromatic nitrogens is 4. The van der Waals surface area contributed by atoms with Crippen LogP contribution in [-0.4, -0.2) is 20.2 Å². The number of rotatable bonds is 6. The van der Waals surface area contributed by atoms with Gasteiger partial charge in [0.1, 0.15) is 12.4 Å². The zero-order valence-electron chi connectivity index (χ0n) is 15.3. The van der Waals surface area contributed by atoms with E-state index in [4.69, 9.17) is 33.7 Å². The van der Waals surface area contributed by atoms with Crippen molar-refractivity contribution in [1.82, 2.24) is 20.2 Å². The van der Waals surface area contributed by atoms with E-state index in [1.807, 2.05) is 54.6 Å². The Morgan fingerprint density at radius 3 is 2.62 bits per heavy atom. The lowest BCUT2D eigenvalue weighted by atomic mass is 10.1. The molecular weight excluding hydrogens is 409 g/mol. The first-order valence-corrected chi connectivity index (χ1v) is 9.63. The summed E-state index contributed by atoms with van der Waals surface area (Å²) in [7, 11) is 0. The van der Waals surface area contributed by atoms with E-state index in [-0.39, 0.29) is 0 Å². The maximum atomic E-state index is 6.35. The molecule has 4 rings (SSSR count). The lowest BCUT2D eigenvalue weighted by Crippen LogP contribution is -2.07. The number of hydrogen-bond donors (Lipinski definition) is 1. The van der Waals surface area contributed by atoms with E-state index >= 15 is 0 Å². The van der Waals surface area contributed by atoms with Crippen LogP contribution in [0.25, 0.3) is 11.4 Å². The van der Waals surface area contributed by atoms with Crippen molar-refractivity contribution in [1.29, 1.82) is 0 Å². The van der Waals surface area contributed by atoms with E-state index in [1.54, 1.807) is 16.8 Å². The molecular formula is C21H17Cl2N5O. The summed E-state index contributed by atoms with van der Waals surface area (Å²) in [5.74, 6) is 1.22. The van der Waals surface area contributed by atoms with Gasteiger partial charge < -0.3 is 10.5 Å². The molecule has 0 radical (unpaired) electrons. The SMILES string of the molecule is Nc1cccc(-c2nnnn2Cc2cc(Cl)ccc2OCc2ccccc2)c1Cl. The van der Waals surface area contributed by atoms with Crippen LogP contribution in [0.5, 0.6) is 5.75 Å². The summed E-state index contributed by atoms with van der Waals surface area (Å²) in [6.07, 6.45) is 0. The van der Waals surface area contributed by atoms with Gasteiger partial charge in [-0.2, -0.15) is 0 Å². The van der Waals surface area contributed by atoms with Crippen molar-refractivity contribution in [2.24, 2.45) is 0 Å². The standard InChI is InChI=1S/C21H17Cl2N5O/c22-16-9-10-19(29-13-14-5-2-1-3-6-14)15(11-16)12-28-21(25-26-27-28)17-7-4-8-18(24)20(17)23/h1-11H,12-13,24H2. The lowest BCUT2D eigenvalue weighted by molar-refractivity contribution is 0.302. The van der Waals surface area contributed by atoms with Crippen LogP contribution >= 0.6 is 23.2 Å². The minimum Gasteiger partial charge on any atom is -0.489 e. The highest BCUT2D eigenvalue weighted by molar-refractivity contribution is 6.35. The minimum atomic E-state index is 0.359. The van der Waals surface area contributed by atoms with Gasteiger partial charge in [-0.25, -0.2) is 4.68 Å². The van der Waals surface area contributed by atoms with Crippen molar-refractivity contribution >= 4 is 28.9 Å². The Kier molecular flexibility index (Phi) is 5.64. The Balaban J connectivity index is 1.63. The summed E-state index contributed by atoms with van der Waals surface area (Å²) >= 11 is 12.6. The van der Waals surface area contributed by atoms with Crippen LogP contribution in [-0.2, 0) is 13.2 Å². The van der Waals surface area contributed by atoms with Crippen LogP contribution < -0.4 is 10.5 Å². The fraction of sp³-hybridized carbons (Fsp3) is 0.0952. The molecule has 1 heterocycles. The molecule has 0 aliphatic heterocycles. The first-order valence-electron chi connectivity index (χ1n) is 8.87. The Morgan fingerprint density at radius 1 is 0.966 bits per heavy atom. The first kappa shape index (κ1) is 19.2. The van der Waals surface area contributed by atoms with Crippen molar-refractivity contribution in [3.05, 3.63) is 87.9 Å². The molecule has 8 heteroatoms. The van der Waals surface area contributed by atoms with E-state index in [1.165, 1.54) is 0 Å². The third-order valence-electron chi connectivity index (χ3n) is 4.38. The number of tetrazole rings is 1. The molecule has 0 saturated heterocycles. The molecule has 4 aromatic rings. The number of nitrogens with two attached hydrogens (primary N) is 1. The van der Waals surface area contributed by atoms with Gasteiger partial charge in [-0.1, -0.05) is 59.6 Å². The van der Waals surface area contributed by atoms with Crippen molar-refractivity contribution in [2.45, 2.75) is 13.2 Å². The first-order chi connectivity index (χ1) is 14.1. The molecule has 0 amide bonds. The van der Waals surface area contributed by atoms with Crippen molar-refractivity contribution in [2.75, 3.05) is 5.73 Å². The summed E-state index contributed by atoms with van der Waals surface area (Å²) in [4.78, 5) is 0. The van der Waals surface area contributed by atoms with Crippen LogP contribution in [0.1, 0.15) is 11.1 Å². The third-order valence-corrected chi connectivity index (χ3v) is 5.04. The van der Waals surface area contributed by atoms with Gasteiger partial charge in [0.2, 0.25) is 0 Å². The maximum Gasteiger partial charge on any atom is 0.183 e. The molecule has 0 saturated carbocycles. The number of ether oxygens (including phenoxy) is 1. The molecule has 3 aromatic carbocycles. The fourth-order valence-corrected chi connectivity index (χ4v) is 3.34. The zero-order chi connectivity index (χ0) is 20.2. The van der Waals surface area contributed by atoms with Gasteiger partial charge in [0, 0.05) is 16.1 Å². The largest absolute Gasteiger partial charge is 0.489 e. The predicted molar refractivity (Wildman–Crippen MR) is 114 cm³/mol. The normalized spacial score (nSPS) is 10.8. The smallest absolute Gasteiger partial charge is 0.183 e. The second-order valence-electron chi connectivity index (χ2n) is 6.40. The summed E-state index contributed by atoms with van der Waals surface area (Å²) in [5, 5.41) is 13.0. The van der Waals surface area contributed by atoms with Gasteiger partial charge in [-0.15, -0.1) is 5.10 Å². The highest BCUT2D eigenvalue weighted by atomic mass is 35.5. The fourth-order valence-electron chi connectivity index (χ4n) is 2.94. The lowest BCUT2D eigenvalue weighted by Gasteiger charge is -2.13. The average molecular weight is 426 g/mol. The van der Waals surface area contributed by atoms with Crippen molar-refractivity contribution in [3.8, 4) is 17.1 Å². The highest BCUT2D eigenvalue weighted by Gasteiger charge is 2.16. The quantitative estimate of drug-likeness (QED) is 0.446. The Labute approximate surface area is 177 Å². The van der Waals surface area contributed by atoms with Crippen LogP contribution in [0, 0.1) is 0 Å².